The molecule has 0 N–H and O–H groups in total. The van der Waals surface area contributed by atoms with Gasteiger partial charge in [0.15, 0.2) is 0 Å². The van der Waals surface area contributed by atoms with Crippen LogP contribution in [0.4, 0.5) is 0 Å². The lowest BCUT2D eigenvalue weighted by Gasteiger charge is -2.17. The zero-order chi connectivity index (χ0) is 14.8. The number of hydrogen-bond acceptors (Lipinski definition) is 0. The summed E-state index contributed by atoms with van der Waals surface area (Å²) < 4.78 is 0. The molecule has 0 radical (unpaired) electrons. The van der Waals surface area contributed by atoms with Gasteiger partial charge in [0.25, 0.3) is 0 Å². The van der Waals surface area contributed by atoms with E-state index in [2.05, 4.69) is 66.2 Å². The molecular weight excluding hydrogens is 320 g/mol. The van der Waals surface area contributed by atoms with Crippen molar-refractivity contribution >= 4 is 15.9 Å². The molecular formula is C20H23Br. The van der Waals surface area contributed by atoms with Gasteiger partial charge in [0, 0.05) is 0 Å². The molecule has 0 bridgehead atoms. The van der Waals surface area contributed by atoms with Gasteiger partial charge >= 0.3 is 0 Å². The van der Waals surface area contributed by atoms with Crippen molar-refractivity contribution in [3.05, 3.63) is 69.8 Å². The highest BCUT2D eigenvalue weighted by Crippen LogP contribution is 2.36. The Morgan fingerprint density at radius 1 is 0.952 bits per heavy atom. The number of halogens is 1. The summed E-state index contributed by atoms with van der Waals surface area (Å²) in [5, 5.41) is 0. The van der Waals surface area contributed by atoms with Gasteiger partial charge in [-0.1, -0.05) is 66.2 Å². The Balaban J connectivity index is 1.99. The Morgan fingerprint density at radius 3 is 2.52 bits per heavy atom. The molecule has 0 spiro atoms. The van der Waals surface area contributed by atoms with Gasteiger partial charge in [-0.2, -0.15) is 0 Å². The minimum Gasteiger partial charge on any atom is -0.0786 e. The minimum absolute atomic E-state index is 0.310. The van der Waals surface area contributed by atoms with Gasteiger partial charge in [0.1, 0.15) is 0 Å². The molecule has 21 heavy (non-hydrogen) atoms. The van der Waals surface area contributed by atoms with Crippen molar-refractivity contribution < 1.29 is 0 Å². The molecule has 3 rings (SSSR count). The Labute approximate surface area is 136 Å². The van der Waals surface area contributed by atoms with Crippen LogP contribution in [-0.2, 0) is 25.7 Å². The van der Waals surface area contributed by atoms with Gasteiger partial charge in [-0.15, -0.1) is 0 Å². The molecule has 0 amide bonds. The van der Waals surface area contributed by atoms with Crippen LogP contribution in [-0.4, -0.2) is 0 Å². The van der Waals surface area contributed by atoms with Gasteiger partial charge in [-0.3, -0.25) is 0 Å². The van der Waals surface area contributed by atoms with Crippen LogP contribution in [0.5, 0.6) is 0 Å². The van der Waals surface area contributed by atoms with E-state index >= 15 is 0 Å². The molecule has 1 aliphatic carbocycles. The summed E-state index contributed by atoms with van der Waals surface area (Å²) in [6.45, 7) is 4.47. The Hall–Kier alpha value is -1.08. The van der Waals surface area contributed by atoms with E-state index < -0.39 is 0 Å². The van der Waals surface area contributed by atoms with Gasteiger partial charge in [-0.05, 0) is 65.5 Å². The first-order valence-electron chi connectivity index (χ1n) is 8.10. The smallest absolute Gasteiger partial charge is 0.0647 e. The largest absolute Gasteiger partial charge is 0.0786 e. The van der Waals surface area contributed by atoms with Crippen LogP contribution in [0, 0.1) is 0 Å². The number of aryl methyl sites for hydroxylation is 4. The fourth-order valence-corrected chi connectivity index (χ4v) is 4.06. The van der Waals surface area contributed by atoms with Crippen LogP contribution in [0.3, 0.4) is 0 Å². The van der Waals surface area contributed by atoms with E-state index in [1.54, 1.807) is 11.1 Å². The van der Waals surface area contributed by atoms with Crippen LogP contribution < -0.4 is 0 Å². The molecule has 1 aliphatic rings. The number of hydrogen-bond donors (Lipinski definition) is 0. The molecule has 1 unspecified atom stereocenters. The molecule has 1 atom stereocenters. The molecule has 0 aliphatic heterocycles. The van der Waals surface area contributed by atoms with Crippen LogP contribution in [0.25, 0.3) is 0 Å². The summed E-state index contributed by atoms with van der Waals surface area (Å²) in [5.74, 6) is 0. The summed E-state index contributed by atoms with van der Waals surface area (Å²) in [6.07, 6.45) is 6.01. The second-order valence-electron chi connectivity index (χ2n) is 5.98. The summed E-state index contributed by atoms with van der Waals surface area (Å²) in [7, 11) is 0. The second-order valence-corrected chi connectivity index (χ2v) is 6.90. The summed E-state index contributed by atoms with van der Waals surface area (Å²) in [4.78, 5) is 0.310. The average Bonchev–Trinajstić information content (AvgIpc) is 3.01. The highest BCUT2D eigenvalue weighted by Gasteiger charge is 2.17. The zero-order valence-electron chi connectivity index (χ0n) is 13.0. The highest BCUT2D eigenvalue weighted by atomic mass is 79.9. The number of benzene rings is 2. The SMILES string of the molecule is CCc1ccc(CC)c(C(Br)c2ccc3c(c2)CCC3)c1. The van der Waals surface area contributed by atoms with Crippen molar-refractivity contribution in [2.24, 2.45) is 0 Å². The summed E-state index contributed by atoms with van der Waals surface area (Å²) >= 11 is 3.96. The third kappa shape index (κ3) is 2.94. The quantitative estimate of drug-likeness (QED) is 0.617. The van der Waals surface area contributed by atoms with Crippen molar-refractivity contribution in [2.75, 3.05) is 0 Å². The van der Waals surface area contributed by atoms with Crippen molar-refractivity contribution in [3.8, 4) is 0 Å². The molecule has 0 saturated heterocycles. The van der Waals surface area contributed by atoms with Crippen LogP contribution in [0.1, 0.15) is 58.5 Å². The first-order valence-corrected chi connectivity index (χ1v) is 9.02. The third-order valence-corrected chi connectivity index (χ3v) is 5.71. The van der Waals surface area contributed by atoms with Gasteiger partial charge < -0.3 is 0 Å². The van der Waals surface area contributed by atoms with Crippen molar-refractivity contribution in [3.63, 3.8) is 0 Å². The summed E-state index contributed by atoms with van der Waals surface area (Å²) in [6, 6.07) is 14.0. The lowest BCUT2D eigenvalue weighted by Crippen LogP contribution is -2.00. The lowest BCUT2D eigenvalue weighted by atomic mass is 9.94. The summed E-state index contributed by atoms with van der Waals surface area (Å²) in [5.41, 5.74) is 8.83. The molecule has 0 saturated carbocycles. The molecule has 0 aromatic heterocycles. The van der Waals surface area contributed by atoms with Gasteiger partial charge in [0.05, 0.1) is 4.83 Å². The average molecular weight is 343 g/mol. The Bertz CT molecular complexity index is 642. The second kappa shape index (κ2) is 6.36. The fourth-order valence-electron chi connectivity index (χ4n) is 3.35. The predicted molar refractivity (Wildman–Crippen MR) is 94.4 cm³/mol. The topological polar surface area (TPSA) is 0 Å². The molecule has 0 nitrogen and oxygen atoms in total. The van der Waals surface area contributed by atoms with E-state index in [9.17, 15) is 0 Å². The van der Waals surface area contributed by atoms with E-state index in [1.165, 1.54) is 41.5 Å². The molecule has 0 heterocycles. The standard InChI is InChI=1S/C20H23Br/c1-3-14-8-9-15(4-2)19(12-14)20(21)18-11-10-16-6-5-7-17(16)13-18/h8-13,20H,3-7H2,1-2H3. The molecule has 2 aromatic rings. The molecule has 110 valence electrons. The van der Waals surface area contributed by atoms with E-state index in [-0.39, 0.29) is 0 Å². The molecule has 1 heteroatoms. The number of alkyl halides is 1. The van der Waals surface area contributed by atoms with Crippen LogP contribution in [0.15, 0.2) is 36.4 Å². The monoisotopic (exact) mass is 342 g/mol. The molecule has 2 aromatic carbocycles. The molecule has 0 fully saturated rings. The normalized spacial score (nSPS) is 15.0. The highest BCUT2D eigenvalue weighted by molar-refractivity contribution is 9.09. The predicted octanol–water partition coefficient (Wildman–Crippen LogP) is 5.78. The van der Waals surface area contributed by atoms with Crippen molar-refractivity contribution in [2.45, 2.75) is 50.8 Å². The maximum Gasteiger partial charge on any atom is 0.0647 e. The number of fused-ring (bicyclic) bond motifs is 1. The van der Waals surface area contributed by atoms with E-state index in [4.69, 9.17) is 0 Å². The first kappa shape index (κ1) is 14.8. The van der Waals surface area contributed by atoms with Crippen molar-refractivity contribution in [1.82, 2.24) is 0 Å². The lowest BCUT2D eigenvalue weighted by molar-refractivity contribution is 0.911. The third-order valence-electron chi connectivity index (χ3n) is 4.69. The minimum atomic E-state index is 0.310. The Kier molecular flexibility index (Phi) is 4.49. The van der Waals surface area contributed by atoms with Gasteiger partial charge in [-0.25, -0.2) is 0 Å². The maximum absolute atomic E-state index is 3.96. The van der Waals surface area contributed by atoms with E-state index in [0.29, 0.717) is 4.83 Å². The maximum atomic E-state index is 3.96. The van der Waals surface area contributed by atoms with Gasteiger partial charge in [0.2, 0.25) is 0 Å². The first-order chi connectivity index (χ1) is 10.2. The van der Waals surface area contributed by atoms with E-state index in [1.807, 2.05) is 0 Å². The number of rotatable bonds is 4. The Morgan fingerprint density at radius 2 is 1.76 bits per heavy atom. The van der Waals surface area contributed by atoms with Crippen LogP contribution in [0.2, 0.25) is 0 Å². The van der Waals surface area contributed by atoms with Crippen molar-refractivity contribution in [1.29, 1.82) is 0 Å². The fraction of sp³-hybridized carbons (Fsp3) is 0.400. The zero-order valence-corrected chi connectivity index (χ0v) is 14.5. The van der Waals surface area contributed by atoms with Crippen LogP contribution >= 0.6 is 15.9 Å². The van der Waals surface area contributed by atoms with E-state index in [0.717, 1.165) is 12.8 Å².